The fourth-order valence-electron chi connectivity index (χ4n) is 4.36. The quantitative estimate of drug-likeness (QED) is 0.303. The van der Waals surface area contributed by atoms with Gasteiger partial charge in [0.1, 0.15) is 23.4 Å². The van der Waals surface area contributed by atoms with Crippen LogP contribution >= 0.6 is 0 Å². The standard InChI is InChI=1S/C26H27F3N8O2S/c1-13-19-23(36-21(34-13)18-20(16-7-8-16)32-12-33-24(18)39-3)37(14(2)26(27,28)29)25(38)22(35-19)31-11-15-5-9-17(10-6-15)40(4)30/h5-6,9-10,12,14,16,30H,7-8,11H2,1-4H3,(H,31,35)/t14-,40?/m0/s1. The second-order valence-electron chi connectivity index (χ2n) is 9.58. The van der Waals surface area contributed by atoms with E-state index in [1.807, 2.05) is 12.1 Å². The van der Waals surface area contributed by atoms with Crippen LogP contribution in [-0.4, -0.2) is 49.0 Å². The van der Waals surface area contributed by atoms with Crippen molar-refractivity contribution in [1.82, 2.24) is 29.5 Å². The van der Waals surface area contributed by atoms with Gasteiger partial charge in [-0.25, -0.2) is 24.9 Å². The van der Waals surface area contributed by atoms with Crippen molar-refractivity contribution in [3.63, 3.8) is 0 Å². The summed E-state index contributed by atoms with van der Waals surface area (Å²) in [7, 11) is 0.772. The zero-order valence-electron chi connectivity index (χ0n) is 22.2. The van der Waals surface area contributed by atoms with Crippen molar-refractivity contribution in [3.8, 4) is 17.3 Å². The molecule has 1 saturated carbocycles. The number of aryl methyl sites for hydroxylation is 1. The molecule has 2 N–H and O–H groups in total. The molecule has 1 aliphatic rings. The van der Waals surface area contributed by atoms with Crippen LogP contribution in [0.1, 0.15) is 48.7 Å². The van der Waals surface area contributed by atoms with E-state index in [9.17, 15) is 18.0 Å². The van der Waals surface area contributed by atoms with Gasteiger partial charge in [-0.2, -0.15) is 13.2 Å². The fourth-order valence-corrected chi connectivity index (χ4v) is 4.91. The van der Waals surface area contributed by atoms with Crippen LogP contribution in [0.3, 0.4) is 0 Å². The maximum atomic E-state index is 14.1. The number of methoxy groups -OCH3 is 1. The van der Waals surface area contributed by atoms with Gasteiger partial charge in [0.05, 0.1) is 18.5 Å². The predicted octanol–water partition coefficient (Wildman–Crippen LogP) is 4.94. The molecule has 4 aromatic rings. The first-order chi connectivity index (χ1) is 19.0. The summed E-state index contributed by atoms with van der Waals surface area (Å²) in [5.74, 6) is 0.165. The molecule has 3 aromatic heterocycles. The average molecular weight is 573 g/mol. The van der Waals surface area contributed by atoms with Gasteiger partial charge in [-0.05, 0) is 50.6 Å². The molecule has 1 fully saturated rings. The molecule has 0 radical (unpaired) electrons. The predicted molar refractivity (Wildman–Crippen MR) is 145 cm³/mol. The zero-order chi connectivity index (χ0) is 28.8. The molecule has 10 nitrogen and oxygen atoms in total. The number of benzene rings is 1. The second kappa shape index (κ2) is 10.6. The number of nitrogens with zero attached hydrogens (tertiary/aromatic N) is 6. The van der Waals surface area contributed by atoms with Crippen molar-refractivity contribution in [1.29, 1.82) is 4.78 Å². The number of halogens is 3. The highest BCUT2D eigenvalue weighted by Crippen LogP contribution is 2.45. The summed E-state index contributed by atoms with van der Waals surface area (Å²) in [5, 5.41) is 2.89. The van der Waals surface area contributed by atoms with Gasteiger partial charge in [0.15, 0.2) is 17.3 Å². The Hall–Kier alpha value is -3.94. The molecule has 0 amide bonds. The molecular formula is C26H27F3N8O2S. The normalized spacial score (nSPS) is 15.2. The van der Waals surface area contributed by atoms with Gasteiger partial charge >= 0.3 is 6.18 Å². The third-order valence-electron chi connectivity index (χ3n) is 6.73. The maximum Gasteiger partial charge on any atom is 0.409 e. The average Bonchev–Trinajstić information content (AvgIpc) is 3.76. The largest absolute Gasteiger partial charge is 0.480 e. The van der Waals surface area contributed by atoms with E-state index in [0.717, 1.165) is 30.2 Å². The Morgan fingerprint density at radius 3 is 2.48 bits per heavy atom. The number of rotatable bonds is 8. The molecule has 1 aliphatic carbocycles. The minimum Gasteiger partial charge on any atom is -0.480 e. The van der Waals surface area contributed by atoms with Crippen LogP contribution in [0.5, 0.6) is 5.88 Å². The Balaban J connectivity index is 1.66. The molecule has 0 bridgehead atoms. The lowest BCUT2D eigenvalue weighted by Gasteiger charge is -2.22. The molecule has 0 aliphatic heterocycles. The van der Waals surface area contributed by atoms with E-state index in [4.69, 9.17) is 9.52 Å². The first-order valence-electron chi connectivity index (χ1n) is 12.5. The van der Waals surface area contributed by atoms with Crippen molar-refractivity contribution in [2.45, 2.75) is 56.3 Å². The Labute approximate surface area is 230 Å². The van der Waals surface area contributed by atoms with Crippen molar-refractivity contribution in [3.05, 3.63) is 57.9 Å². The lowest BCUT2D eigenvalue weighted by atomic mass is 10.1. The second-order valence-corrected chi connectivity index (χ2v) is 11.1. The number of fused-ring (bicyclic) bond motifs is 1. The van der Waals surface area contributed by atoms with E-state index in [1.54, 1.807) is 25.3 Å². The van der Waals surface area contributed by atoms with Crippen LogP contribution in [0, 0.1) is 11.7 Å². The number of anilines is 1. The molecule has 210 valence electrons. The third-order valence-corrected chi connectivity index (χ3v) is 7.71. The van der Waals surface area contributed by atoms with Crippen LogP contribution in [0.15, 0.2) is 40.3 Å². The zero-order valence-corrected chi connectivity index (χ0v) is 23.0. The highest BCUT2D eigenvalue weighted by molar-refractivity contribution is 7.85. The number of nitrogens with one attached hydrogen (secondary N) is 2. The Bertz CT molecular complexity index is 1670. The van der Waals surface area contributed by atoms with Crippen molar-refractivity contribution in [2.24, 2.45) is 0 Å². The van der Waals surface area contributed by atoms with E-state index in [2.05, 4.69) is 30.2 Å². The summed E-state index contributed by atoms with van der Waals surface area (Å²) in [6.45, 7) is 2.66. The molecule has 40 heavy (non-hydrogen) atoms. The van der Waals surface area contributed by atoms with Crippen LogP contribution in [0.25, 0.3) is 22.6 Å². The summed E-state index contributed by atoms with van der Waals surface area (Å²) in [4.78, 5) is 36.3. The van der Waals surface area contributed by atoms with Gasteiger partial charge in [-0.15, -0.1) is 0 Å². The first kappa shape index (κ1) is 27.6. The Kier molecular flexibility index (Phi) is 7.29. The van der Waals surface area contributed by atoms with Crippen molar-refractivity contribution >= 4 is 27.7 Å². The van der Waals surface area contributed by atoms with Gasteiger partial charge < -0.3 is 10.1 Å². The molecule has 3 heterocycles. The lowest BCUT2D eigenvalue weighted by molar-refractivity contribution is -0.162. The van der Waals surface area contributed by atoms with E-state index < -0.39 is 28.5 Å². The van der Waals surface area contributed by atoms with Gasteiger partial charge in [0.2, 0.25) is 5.88 Å². The molecule has 1 aromatic carbocycles. The number of ether oxygens (including phenoxy) is 1. The molecule has 5 rings (SSSR count). The van der Waals surface area contributed by atoms with E-state index in [-0.39, 0.29) is 46.8 Å². The summed E-state index contributed by atoms with van der Waals surface area (Å²) in [6.07, 6.45) is 0.214. The summed E-state index contributed by atoms with van der Waals surface area (Å²) in [6, 6.07) is 5.02. The van der Waals surface area contributed by atoms with Gasteiger partial charge in [-0.3, -0.25) is 14.1 Å². The summed E-state index contributed by atoms with van der Waals surface area (Å²) in [5.41, 5.74) is 0.964. The summed E-state index contributed by atoms with van der Waals surface area (Å²) < 4.78 is 56.0. The third kappa shape index (κ3) is 5.27. The Morgan fingerprint density at radius 1 is 1.18 bits per heavy atom. The van der Waals surface area contributed by atoms with Crippen LogP contribution in [0.4, 0.5) is 19.0 Å². The number of hydrogen-bond acceptors (Lipinski definition) is 9. The molecule has 2 atom stereocenters. The highest BCUT2D eigenvalue weighted by atomic mass is 32.2. The topological polar surface area (TPSA) is 132 Å². The smallest absolute Gasteiger partial charge is 0.409 e. The Morgan fingerprint density at radius 2 is 1.88 bits per heavy atom. The van der Waals surface area contributed by atoms with Crippen LogP contribution in [-0.2, 0) is 17.2 Å². The van der Waals surface area contributed by atoms with Gasteiger partial charge in [0.25, 0.3) is 5.56 Å². The number of aromatic nitrogens is 6. The minimum atomic E-state index is -4.73. The van der Waals surface area contributed by atoms with Crippen LogP contribution in [0.2, 0.25) is 0 Å². The SMILES string of the molecule is COc1ncnc(C2CC2)c1-c1nc(C)c2nc(NCc3ccc(S(C)=N)cc3)c(=O)n([C@@H](C)C(F)(F)F)c2n1. The van der Waals surface area contributed by atoms with Crippen molar-refractivity contribution in [2.75, 3.05) is 18.7 Å². The molecular weight excluding hydrogens is 545 g/mol. The van der Waals surface area contributed by atoms with E-state index in [1.165, 1.54) is 13.4 Å². The molecule has 1 unspecified atom stereocenters. The van der Waals surface area contributed by atoms with Gasteiger partial charge in [0, 0.05) is 17.4 Å². The number of hydrogen-bond donors (Lipinski definition) is 2. The van der Waals surface area contributed by atoms with Crippen molar-refractivity contribution < 1.29 is 17.9 Å². The maximum absolute atomic E-state index is 14.1. The molecule has 0 spiro atoms. The van der Waals surface area contributed by atoms with E-state index in [0.29, 0.717) is 15.8 Å². The summed E-state index contributed by atoms with van der Waals surface area (Å²) >= 11 is 0. The van der Waals surface area contributed by atoms with Crippen LogP contribution < -0.4 is 15.6 Å². The highest BCUT2D eigenvalue weighted by Gasteiger charge is 2.40. The van der Waals surface area contributed by atoms with E-state index >= 15 is 0 Å². The monoisotopic (exact) mass is 572 g/mol. The lowest BCUT2D eigenvalue weighted by Crippen LogP contribution is -2.35. The minimum absolute atomic E-state index is 0.0605. The molecule has 0 saturated heterocycles. The fraction of sp³-hybridized carbons (Fsp3) is 0.385. The number of alkyl halides is 3. The first-order valence-corrected chi connectivity index (χ1v) is 14.1. The van der Waals surface area contributed by atoms with Gasteiger partial charge in [-0.1, -0.05) is 22.8 Å². The molecule has 14 heteroatoms.